The number of anilines is 2. The van der Waals surface area contributed by atoms with E-state index < -0.39 is 17.4 Å². The number of rotatable bonds is 3. The number of nitrogens with two attached hydrogens (primary N) is 1. The average Bonchev–Trinajstić information content (AvgIpc) is 3.25. The third kappa shape index (κ3) is 4.57. The number of carbonyl (C=O) groups is 1. The smallest absolute Gasteiger partial charge is 0.368 e. The van der Waals surface area contributed by atoms with Gasteiger partial charge in [0.05, 0.1) is 21.5 Å². The van der Waals surface area contributed by atoms with Crippen LogP contribution in [0.25, 0.3) is 32.2 Å². The third-order valence-corrected chi connectivity index (χ3v) is 12.6. The van der Waals surface area contributed by atoms with E-state index in [4.69, 9.17) is 5.73 Å². The monoisotopic (exact) mass is 659 g/mol. The number of carbonyl (C=O) groups excluding carboxylic acids is 1. The van der Waals surface area contributed by atoms with Crippen LogP contribution in [0.5, 0.6) is 0 Å². The molecule has 0 bridgehead atoms. The van der Waals surface area contributed by atoms with E-state index in [-0.39, 0.29) is 46.1 Å². The summed E-state index contributed by atoms with van der Waals surface area (Å²) in [6.07, 6.45) is -1.96. The van der Waals surface area contributed by atoms with E-state index in [9.17, 15) is 9.59 Å². The number of nitrogen functional groups attached to an aromatic ring is 1. The standard InChI is InChI=1S/C29H28F3N7O2S3/c1-4-19(40)39-14(2)7-37(8-15(39)3)25-17-5-18(29(30,31)32)20(23-21-16(9-43-23)6-34-26(33)35-21)24-22(17)38(27(41)36-25)10-28(13-44-24)11-42-12-28/h4-6,9,14-15H,1,7-8,10-13H2,2-3H3,(H2,33,35)/t14-,15+. The normalized spacial score (nSPS) is 21.5. The molecule has 4 aromatic rings. The van der Waals surface area contributed by atoms with Gasteiger partial charge in [-0.25, -0.2) is 14.8 Å². The molecule has 2 atom stereocenters. The number of nitrogens with zero attached hydrogens (tertiary/aromatic N) is 6. The van der Waals surface area contributed by atoms with Crippen molar-refractivity contribution in [1.82, 2.24) is 24.4 Å². The van der Waals surface area contributed by atoms with Crippen molar-refractivity contribution in [1.29, 1.82) is 0 Å². The first-order valence-corrected chi connectivity index (χ1v) is 17.0. The van der Waals surface area contributed by atoms with Crippen LogP contribution < -0.4 is 16.3 Å². The second-order valence-electron chi connectivity index (χ2n) is 11.8. The average molecular weight is 660 g/mol. The number of hydrogen-bond donors (Lipinski definition) is 1. The number of thiophene rings is 1. The van der Waals surface area contributed by atoms with E-state index in [1.54, 1.807) is 26.6 Å². The van der Waals surface area contributed by atoms with Gasteiger partial charge in [0, 0.05) is 87.2 Å². The van der Waals surface area contributed by atoms with Crippen molar-refractivity contribution in [2.24, 2.45) is 5.41 Å². The number of fused-ring (bicyclic) bond motifs is 1. The Morgan fingerprint density at radius 3 is 2.55 bits per heavy atom. The fourth-order valence-corrected chi connectivity index (χ4v) is 10.6. The van der Waals surface area contributed by atoms with Crippen molar-refractivity contribution in [2.45, 2.75) is 43.5 Å². The number of benzene rings is 1. The van der Waals surface area contributed by atoms with E-state index in [2.05, 4.69) is 21.5 Å². The molecular weight excluding hydrogens is 632 g/mol. The van der Waals surface area contributed by atoms with E-state index in [1.165, 1.54) is 24.0 Å². The van der Waals surface area contributed by atoms with Gasteiger partial charge in [-0.3, -0.25) is 9.36 Å². The molecule has 6 heterocycles. The number of thioether (sulfide) groups is 2. The van der Waals surface area contributed by atoms with Gasteiger partial charge in [0.1, 0.15) is 5.82 Å². The van der Waals surface area contributed by atoms with Gasteiger partial charge in [-0.2, -0.15) is 29.9 Å². The van der Waals surface area contributed by atoms with E-state index in [0.717, 1.165) is 28.9 Å². The minimum atomic E-state index is -4.72. The van der Waals surface area contributed by atoms with Crippen LogP contribution in [-0.4, -0.2) is 72.8 Å². The second-order valence-corrected chi connectivity index (χ2v) is 14.6. The zero-order chi connectivity index (χ0) is 31.1. The molecule has 3 aliphatic heterocycles. The molecule has 44 heavy (non-hydrogen) atoms. The summed E-state index contributed by atoms with van der Waals surface area (Å²) in [4.78, 5) is 43.5. The Balaban J connectivity index is 1.53. The van der Waals surface area contributed by atoms with Gasteiger partial charge >= 0.3 is 11.9 Å². The summed E-state index contributed by atoms with van der Waals surface area (Å²) in [6, 6.07) is 0.576. The van der Waals surface area contributed by atoms with Crippen LogP contribution in [0.15, 0.2) is 40.0 Å². The lowest BCUT2D eigenvalue weighted by Crippen LogP contribution is -2.58. The predicted molar refractivity (Wildman–Crippen MR) is 170 cm³/mol. The van der Waals surface area contributed by atoms with Crippen molar-refractivity contribution >= 4 is 74.3 Å². The van der Waals surface area contributed by atoms with Crippen LogP contribution in [-0.2, 0) is 17.5 Å². The Morgan fingerprint density at radius 2 is 1.91 bits per heavy atom. The highest BCUT2D eigenvalue weighted by Crippen LogP contribution is 2.54. The molecule has 0 saturated carbocycles. The Kier molecular flexibility index (Phi) is 6.94. The van der Waals surface area contributed by atoms with E-state index >= 15 is 13.2 Å². The maximum Gasteiger partial charge on any atom is 0.417 e. The Hall–Kier alpha value is -3.30. The first-order chi connectivity index (χ1) is 20.9. The minimum absolute atomic E-state index is 0.00515. The van der Waals surface area contributed by atoms with Gasteiger partial charge in [-0.15, -0.1) is 23.1 Å². The molecule has 1 aromatic carbocycles. The van der Waals surface area contributed by atoms with Gasteiger partial charge in [-0.1, -0.05) is 6.58 Å². The van der Waals surface area contributed by atoms with E-state index in [0.29, 0.717) is 51.6 Å². The molecule has 0 aliphatic carbocycles. The first-order valence-electron chi connectivity index (χ1n) is 14.0. The van der Waals surface area contributed by atoms with Gasteiger partial charge in [0.2, 0.25) is 11.9 Å². The number of aromatic nitrogens is 4. The van der Waals surface area contributed by atoms with Crippen molar-refractivity contribution in [3.05, 3.63) is 46.3 Å². The van der Waals surface area contributed by atoms with Crippen molar-refractivity contribution < 1.29 is 18.0 Å². The molecule has 230 valence electrons. The van der Waals surface area contributed by atoms with Crippen LogP contribution in [0.3, 0.4) is 0 Å². The Labute approximate surface area is 262 Å². The van der Waals surface area contributed by atoms with Crippen LogP contribution in [0.4, 0.5) is 24.9 Å². The third-order valence-electron chi connectivity index (χ3n) is 8.57. The molecule has 1 spiro atoms. The molecule has 3 aliphatic rings. The highest BCUT2D eigenvalue weighted by atomic mass is 32.2. The molecule has 9 nitrogen and oxygen atoms in total. The van der Waals surface area contributed by atoms with Gasteiger partial charge in [0.25, 0.3) is 0 Å². The Bertz CT molecular complexity index is 1910. The highest BCUT2D eigenvalue weighted by Gasteiger charge is 2.45. The molecule has 7 rings (SSSR count). The number of amides is 1. The summed E-state index contributed by atoms with van der Waals surface area (Å²) in [5.41, 5.74) is 5.14. The summed E-state index contributed by atoms with van der Waals surface area (Å²) in [7, 11) is 0. The minimum Gasteiger partial charge on any atom is -0.368 e. The van der Waals surface area contributed by atoms with Crippen LogP contribution in [0, 0.1) is 5.41 Å². The molecule has 1 amide bonds. The lowest BCUT2D eigenvalue weighted by Gasteiger charge is -2.44. The van der Waals surface area contributed by atoms with Crippen LogP contribution in [0.2, 0.25) is 0 Å². The Morgan fingerprint density at radius 1 is 1.18 bits per heavy atom. The maximum atomic E-state index is 15.1. The van der Waals surface area contributed by atoms with Crippen molar-refractivity contribution in [3.8, 4) is 10.4 Å². The molecule has 2 fully saturated rings. The fraction of sp³-hybridized carbons (Fsp3) is 0.414. The van der Waals surface area contributed by atoms with Crippen molar-refractivity contribution in [2.75, 3.05) is 41.0 Å². The molecule has 2 N–H and O–H groups in total. The molecule has 15 heteroatoms. The molecule has 0 radical (unpaired) electrons. The second kappa shape index (κ2) is 10.4. The van der Waals surface area contributed by atoms with Crippen LogP contribution >= 0.6 is 34.9 Å². The van der Waals surface area contributed by atoms with Gasteiger partial charge in [0.15, 0.2) is 0 Å². The SMILES string of the molecule is C=CC(=O)N1[C@H](C)CN(c2nc(=O)n3c4c(c(-c5scc6cnc(N)nc56)c(C(F)(F)F)cc24)SCC2(CSC2)C3)C[C@@H]1C. The van der Waals surface area contributed by atoms with Gasteiger partial charge in [-0.05, 0) is 26.0 Å². The lowest BCUT2D eigenvalue weighted by atomic mass is 9.94. The van der Waals surface area contributed by atoms with Crippen molar-refractivity contribution in [3.63, 3.8) is 0 Å². The molecule has 0 unspecified atom stereocenters. The highest BCUT2D eigenvalue weighted by molar-refractivity contribution is 8.01. The topological polar surface area (TPSA) is 110 Å². The number of halogens is 3. The summed E-state index contributed by atoms with van der Waals surface area (Å²) in [5.74, 6) is 2.14. The summed E-state index contributed by atoms with van der Waals surface area (Å²) in [5, 5.41) is 2.59. The maximum absolute atomic E-state index is 15.1. The van der Waals surface area contributed by atoms with E-state index in [1.807, 2.05) is 18.7 Å². The quantitative estimate of drug-likeness (QED) is 0.300. The summed E-state index contributed by atoms with van der Waals surface area (Å²) >= 11 is 4.29. The molecular formula is C29H28F3N7O2S3. The summed E-state index contributed by atoms with van der Waals surface area (Å²) in [6.45, 7) is 8.32. The lowest BCUT2D eigenvalue weighted by molar-refractivity contribution is -0.137. The number of alkyl halides is 3. The number of piperazine rings is 1. The fourth-order valence-electron chi connectivity index (χ4n) is 6.61. The molecule has 3 aromatic heterocycles. The predicted octanol–water partition coefficient (Wildman–Crippen LogP) is 5.12. The van der Waals surface area contributed by atoms with Gasteiger partial charge < -0.3 is 15.5 Å². The molecule has 2 saturated heterocycles. The zero-order valence-corrected chi connectivity index (χ0v) is 26.3. The first kappa shape index (κ1) is 29.4. The summed E-state index contributed by atoms with van der Waals surface area (Å²) < 4.78 is 47.0. The zero-order valence-electron chi connectivity index (χ0n) is 23.8. The van der Waals surface area contributed by atoms with Crippen LogP contribution in [0.1, 0.15) is 19.4 Å². The largest absolute Gasteiger partial charge is 0.417 e. The number of hydrogen-bond acceptors (Lipinski definition) is 10.